The molecule has 1 aliphatic heterocycles. The molecule has 2 aromatic carbocycles. The molecule has 0 spiro atoms. The number of aliphatic hydroxyl groups is 1. The molecule has 0 radical (unpaired) electrons. The molecule has 3 rings (SSSR count). The van der Waals surface area contributed by atoms with Crippen molar-refractivity contribution < 1.29 is 27.5 Å². The van der Waals surface area contributed by atoms with Gasteiger partial charge < -0.3 is 14.9 Å². The molecule has 1 N–H and O–H groups in total. The number of sulfonamides is 1. The SMILES string of the molecule is CN(C)CCCN1C(=O)C(=O)C(=C(O)c2cccc(S(=O)(=O)N(C)C)c2)C1c1ccc(F)cc1. The smallest absolute Gasteiger partial charge is 0.295 e. The summed E-state index contributed by atoms with van der Waals surface area (Å²) in [6.45, 7) is 0.917. The molecule has 1 fully saturated rings. The summed E-state index contributed by atoms with van der Waals surface area (Å²) in [5.41, 5.74) is 0.381. The highest BCUT2D eigenvalue weighted by atomic mass is 32.2. The molecule has 34 heavy (non-hydrogen) atoms. The first-order valence-electron chi connectivity index (χ1n) is 10.7. The van der Waals surface area contributed by atoms with Crippen LogP contribution in [0.25, 0.3) is 5.76 Å². The van der Waals surface area contributed by atoms with Gasteiger partial charge in [-0.3, -0.25) is 9.59 Å². The van der Waals surface area contributed by atoms with Crippen molar-refractivity contribution >= 4 is 27.5 Å². The highest BCUT2D eigenvalue weighted by Gasteiger charge is 2.45. The molecule has 8 nitrogen and oxygen atoms in total. The molecule has 0 aliphatic carbocycles. The quantitative estimate of drug-likeness (QED) is 0.348. The predicted molar refractivity (Wildman–Crippen MR) is 126 cm³/mol. The maximum atomic E-state index is 13.6. The van der Waals surface area contributed by atoms with Crippen LogP contribution in [0.1, 0.15) is 23.6 Å². The third-order valence-corrected chi connectivity index (χ3v) is 7.43. The zero-order chi connectivity index (χ0) is 25.2. The first kappa shape index (κ1) is 25.5. The first-order chi connectivity index (χ1) is 15.9. The maximum Gasteiger partial charge on any atom is 0.295 e. The molecule has 0 bridgehead atoms. The molecule has 1 amide bonds. The second-order valence-corrected chi connectivity index (χ2v) is 10.7. The van der Waals surface area contributed by atoms with E-state index in [9.17, 15) is 27.5 Å². The van der Waals surface area contributed by atoms with Gasteiger partial charge in [0.15, 0.2) is 0 Å². The number of carbonyl (C=O) groups excluding carboxylic acids is 2. The number of carbonyl (C=O) groups is 2. The van der Waals surface area contributed by atoms with Crippen LogP contribution in [0.5, 0.6) is 0 Å². The van der Waals surface area contributed by atoms with E-state index in [2.05, 4.69) is 0 Å². The van der Waals surface area contributed by atoms with Crippen molar-refractivity contribution in [1.82, 2.24) is 14.1 Å². The zero-order valence-electron chi connectivity index (χ0n) is 19.5. The van der Waals surface area contributed by atoms with Crippen molar-refractivity contribution in [3.05, 3.63) is 71.0 Å². The normalized spacial score (nSPS) is 18.3. The second kappa shape index (κ2) is 10.0. The van der Waals surface area contributed by atoms with Gasteiger partial charge >= 0.3 is 0 Å². The Labute approximate surface area is 198 Å². The molecule has 0 aromatic heterocycles. The third-order valence-electron chi connectivity index (χ3n) is 5.62. The van der Waals surface area contributed by atoms with E-state index in [4.69, 9.17) is 0 Å². The van der Waals surface area contributed by atoms with Crippen LogP contribution in [0.2, 0.25) is 0 Å². The number of nitrogens with zero attached hydrogens (tertiary/aromatic N) is 3. The van der Waals surface area contributed by atoms with E-state index in [0.717, 1.165) is 4.31 Å². The van der Waals surface area contributed by atoms with Crippen LogP contribution in [0.3, 0.4) is 0 Å². The zero-order valence-corrected chi connectivity index (χ0v) is 20.3. The summed E-state index contributed by atoms with van der Waals surface area (Å²) in [4.78, 5) is 29.2. The third kappa shape index (κ3) is 5.03. The number of aliphatic hydroxyl groups excluding tert-OH is 1. The number of Topliss-reactive ketones (excluding diaryl/α,β-unsaturated/α-hetero) is 1. The largest absolute Gasteiger partial charge is 0.507 e. The van der Waals surface area contributed by atoms with Crippen LogP contribution >= 0.6 is 0 Å². The predicted octanol–water partition coefficient (Wildman–Crippen LogP) is 2.45. The van der Waals surface area contributed by atoms with Crippen molar-refractivity contribution in [1.29, 1.82) is 0 Å². The fourth-order valence-corrected chi connectivity index (χ4v) is 4.78. The van der Waals surface area contributed by atoms with Crippen molar-refractivity contribution in [3.8, 4) is 0 Å². The average molecular weight is 490 g/mol. The molecule has 1 atom stereocenters. The summed E-state index contributed by atoms with van der Waals surface area (Å²) in [5.74, 6) is -2.61. The van der Waals surface area contributed by atoms with Gasteiger partial charge in [-0.1, -0.05) is 24.3 Å². The minimum atomic E-state index is -3.79. The number of halogens is 1. The molecule has 1 aliphatic rings. The van der Waals surface area contributed by atoms with E-state index in [1.54, 1.807) is 0 Å². The summed E-state index contributed by atoms with van der Waals surface area (Å²) in [7, 11) is 2.76. The Morgan fingerprint density at radius 2 is 1.71 bits per heavy atom. The molecule has 0 saturated carbocycles. The van der Waals surface area contributed by atoms with Crippen LogP contribution < -0.4 is 0 Å². The Kier molecular flexibility index (Phi) is 7.54. The van der Waals surface area contributed by atoms with E-state index in [1.165, 1.54) is 67.5 Å². The van der Waals surface area contributed by atoms with Gasteiger partial charge in [-0.05, 0) is 56.9 Å². The number of hydrogen-bond acceptors (Lipinski definition) is 6. The van der Waals surface area contributed by atoms with E-state index in [0.29, 0.717) is 18.5 Å². The summed E-state index contributed by atoms with van der Waals surface area (Å²) in [5, 5.41) is 11.1. The average Bonchev–Trinajstić information content (AvgIpc) is 3.04. The molecule has 1 unspecified atom stereocenters. The Morgan fingerprint density at radius 3 is 2.29 bits per heavy atom. The summed E-state index contributed by atoms with van der Waals surface area (Å²) >= 11 is 0. The van der Waals surface area contributed by atoms with Crippen molar-refractivity contribution in [2.75, 3.05) is 41.3 Å². The van der Waals surface area contributed by atoms with Crippen LogP contribution in [-0.4, -0.2) is 80.6 Å². The minimum absolute atomic E-state index is 0.0694. The lowest BCUT2D eigenvalue weighted by Crippen LogP contribution is -2.32. The molecular formula is C24H28FN3O5S. The first-order valence-corrected chi connectivity index (χ1v) is 12.1. The van der Waals surface area contributed by atoms with Crippen LogP contribution in [0.15, 0.2) is 59.0 Å². The van der Waals surface area contributed by atoms with Crippen LogP contribution in [-0.2, 0) is 19.6 Å². The highest BCUT2D eigenvalue weighted by molar-refractivity contribution is 7.89. The maximum absolute atomic E-state index is 13.6. The molecule has 182 valence electrons. The Balaban J connectivity index is 2.14. The lowest BCUT2D eigenvalue weighted by atomic mass is 9.95. The summed E-state index contributed by atoms with van der Waals surface area (Å²) < 4.78 is 39.7. The molecular weight excluding hydrogens is 461 g/mol. The number of amides is 1. The van der Waals surface area contributed by atoms with Gasteiger partial charge in [0, 0.05) is 26.2 Å². The van der Waals surface area contributed by atoms with Gasteiger partial charge in [0.05, 0.1) is 16.5 Å². The number of likely N-dealkylation sites (tertiary alicyclic amines) is 1. The van der Waals surface area contributed by atoms with Gasteiger partial charge in [0.2, 0.25) is 10.0 Å². The number of hydrogen-bond donors (Lipinski definition) is 1. The molecule has 2 aromatic rings. The van der Waals surface area contributed by atoms with Crippen molar-refractivity contribution in [3.63, 3.8) is 0 Å². The fourth-order valence-electron chi connectivity index (χ4n) is 3.83. The number of ketones is 1. The summed E-state index contributed by atoms with van der Waals surface area (Å²) in [6.07, 6.45) is 0.578. The molecule has 10 heteroatoms. The molecule has 1 heterocycles. The van der Waals surface area contributed by atoms with Gasteiger partial charge in [0.25, 0.3) is 11.7 Å². The van der Waals surface area contributed by atoms with E-state index < -0.39 is 39.3 Å². The second-order valence-electron chi connectivity index (χ2n) is 8.52. The van der Waals surface area contributed by atoms with Gasteiger partial charge in [-0.2, -0.15) is 0 Å². The lowest BCUT2D eigenvalue weighted by molar-refractivity contribution is -0.139. The van der Waals surface area contributed by atoms with Gasteiger partial charge in [-0.25, -0.2) is 17.1 Å². The molecule has 1 saturated heterocycles. The van der Waals surface area contributed by atoms with Crippen molar-refractivity contribution in [2.45, 2.75) is 17.4 Å². The Bertz CT molecular complexity index is 1220. The Hall–Kier alpha value is -3.08. The van der Waals surface area contributed by atoms with Gasteiger partial charge in [-0.15, -0.1) is 0 Å². The topological polar surface area (TPSA) is 98.2 Å². The minimum Gasteiger partial charge on any atom is -0.507 e. The van der Waals surface area contributed by atoms with Crippen LogP contribution in [0, 0.1) is 5.82 Å². The number of benzene rings is 2. The highest BCUT2D eigenvalue weighted by Crippen LogP contribution is 2.39. The van der Waals surface area contributed by atoms with E-state index in [-0.39, 0.29) is 22.6 Å². The summed E-state index contributed by atoms with van der Waals surface area (Å²) in [6, 6.07) is 9.98. The number of rotatable bonds is 8. The van der Waals surface area contributed by atoms with Gasteiger partial charge in [0.1, 0.15) is 11.6 Å². The van der Waals surface area contributed by atoms with Crippen molar-refractivity contribution in [2.24, 2.45) is 0 Å². The van der Waals surface area contributed by atoms with E-state index in [1.807, 2.05) is 19.0 Å². The fraction of sp³-hybridized carbons (Fsp3) is 0.333. The Morgan fingerprint density at radius 1 is 1.06 bits per heavy atom. The standard InChI is InChI=1S/C24H28FN3O5S/c1-26(2)13-6-14-28-21(16-9-11-18(25)12-10-16)20(23(30)24(28)31)22(29)17-7-5-8-19(15-17)34(32,33)27(3)4/h5,7-12,15,21,29H,6,13-14H2,1-4H3. The lowest BCUT2D eigenvalue weighted by Gasteiger charge is -2.26. The van der Waals surface area contributed by atoms with E-state index >= 15 is 0 Å². The van der Waals surface area contributed by atoms with Crippen LogP contribution in [0.4, 0.5) is 4.39 Å². The monoisotopic (exact) mass is 489 g/mol.